The SMILES string of the molecule is CCNCC1CCc2nc(C3(OC)CCCC3)ncc2C1. The molecule has 116 valence electrons. The molecule has 2 aliphatic rings. The number of fused-ring (bicyclic) bond motifs is 1. The summed E-state index contributed by atoms with van der Waals surface area (Å²) in [7, 11) is 1.81. The highest BCUT2D eigenvalue weighted by atomic mass is 16.5. The van der Waals surface area contributed by atoms with Gasteiger partial charge in [0.15, 0.2) is 5.82 Å². The molecule has 0 saturated heterocycles. The van der Waals surface area contributed by atoms with Crippen molar-refractivity contribution in [2.45, 2.75) is 57.5 Å². The normalized spacial score (nSPS) is 24.0. The van der Waals surface area contributed by atoms with Crippen molar-refractivity contribution in [1.82, 2.24) is 15.3 Å². The van der Waals surface area contributed by atoms with Gasteiger partial charge in [0.05, 0.1) is 0 Å². The highest BCUT2D eigenvalue weighted by Gasteiger charge is 2.39. The third kappa shape index (κ3) is 2.97. The molecule has 0 spiro atoms. The quantitative estimate of drug-likeness (QED) is 0.905. The van der Waals surface area contributed by atoms with Gasteiger partial charge in [0, 0.05) is 19.0 Å². The largest absolute Gasteiger partial charge is 0.370 e. The minimum Gasteiger partial charge on any atom is -0.370 e. The van der Waals surface area contributed by atoms with Crippen molar-refractivity contribution in [3.8, 4) is 0 Å². The number of aromatic nitrogens is 2. The molecule has 4 nitrogen and oxygen atoms in total. The maximum Gasteiger partial charge on any atom is 0.160 e. The minimum atomic E-state index is -0.213. The molecule has 0 bridgehead atoms. The highest BCUT2D eigenvalue weighted by Crippen LogP contribution is 2.40. The van der Waals surface area contributed by atoms with Crippen LogP contribution >= 0.6 is 0 Å². The van der Waals surface area contributed by atoms with Crippen LogP contribution in [0, 0.1) is 5.92 Å². The Hall–Kier alpha value is -1.00. The molecule has 2 aliphatic carbocycles. The first-order chi connectivity index (χ1) is 10.3. The van der Waals surface area contributed by atoms with Crippen LogP contribution in [-0.4, -0.2) is 30.2 Å². The maximum atomic E-state index is 5.82. The second-order valence-corrected chi connectivity index (χ2v) is 6.49. The number of hydrogen-bond acceptors (Lipinski definition) is 4. The average Bonchev–Trinajstić information content (AvgIpc) is 3.02. The lowest BCUT2D eigenvalue weighted by Crippen LogP contribution is -2.31. The lowest BCUT2D eigenvalue weighted by atomic mass is 9.87. The van der Waals surface area contributed by atoms with E-state index in [1.165, 1.54) is 30.5 Å². The number of hydrogen-bond donors (Lipinski definition) is 1. The third-order valence-electron chi connectivity index (χ3n) is 5.14. The van der Waals surface area contributed by atoms with Gasteiger partial charge in [-0.05, 0) is 69.5 Å². The van der Waals surface area contributed by atoms with Crippen molar-refractivity contribution < 1.29 is 4.74 Å². The zero-order chi connectivity index (χ0) is 14.7. The topological polar surface area (TPSA) is 47.0 Å². The first-order valence-electron chi connectivity index (χ1n) is 8.38. The van der Waals surface area contributed by atoms with Crippen molar-refractivity contribution in [2.75, 3.05) is 20.2 Å². The standard InChI is InChI=1S/C17H27N3O/c1-3-18-11-13-6-7-15-14(10-13)12-19-16(20-15)17(21-2)8-4-5-9-17/h12-13,18H,3-11H2,1-2H3. The van der Waals surface area contributed by atoms with Gasteiger partial charge in [-0.25, -0.2) is 9.97 Å². The Morgan fingerprint density at radius 2 is 2.19 bits per heavy atom. The summed E-state index contributed by atoms with van der Waals surface area (Å²) in [6, 6.07) is 0. The summed E-state index contributed by atoms with van der Waals surface area (Å²) >= 11 is 0. The molecule has 0 radical (unpaired) electrons. The lowest BCUT2D eigenvalue weighted by molar-refractivity contribution is -0.0165. The fourth-order valence-corrected chi connectivity index (χ4v) is 3.79. The highest BCUT2D eigenvalue weighted by molar-refractivity contribution is 5.23. The van der Waals surface area contributed by atoms with E-state index in [0.717, 1.165) is 50.5 Å². The van der Waals surface area contributed by atoms with Crippen molar-refractivity contribution >= 4 is 0 Å². The Bertz CT molecular complexity index is 483. The number of nitrogens with zero attached hydrogens (tertiary/aromatic N) is 2. The van der Waals surface area contributed by atoms with E-state index in [1.54, 1.807) is 7.11 Å². The molecule has 0 amide bonds. The molecule has 1 aromatic heterocycles. The van der Waals surface area contributed by atoms with E-state index in [2.05, 4.69) is 23.4 Å². The van der Waals surface area contributed by atoms with Gasteiger partial charge in [-0.1, -0.05) is 6.92 Å². The summed E-state index contributed by atoms with van der Waals surface area (Å²) in [5.41, 5.74) is 2.39. The van der Waals surface area contributed by atoms with Crippen LogP contribution in [0.1, 0.15) is 56.1 Å². The minimum absolute atomic E-state index is 0.213. The van der Waals surface area contributed by atoms with E-state index in [9.17, 15) is 0 Å². The van der Waals surface area contributed by atoms with Gasteiger partial charge in [0.1, 0.15) is 5.60 Å². The van der Waals surface area contributed by atoms with Crippen molar-refractivity contribution in [2.24, 2.45) is 5.92 Å². The van der Waals surface area contributed by atoms with Crippen LogP contribution in [0.4, 0.5) is 0 Å². The first kappa shape index (κ1) is 14.9. The Kier molecular flexibility index (Phi) is 4.55. The summed E-state index contributed by atoms with van der Waals surface area (Å²) < 4.78 is 5.82. The summed E-state index contributed by atoms with van der Waals surface area (Å²) in [6.45, 7) is 4.33. The van der Waals surface area contributed by atoms with Crippen LogP contribution in [-0.2, 0) is 23.2 Å². The second kappa shape index (κ2) is 6.41. The second-order valence-electron chi connectivity index (χ2n) is 6.49. The summed E-state index contributed by atoms with van der Waals surface area (Å²) in [5, 5.41) is 3.46. The first-order valence-corrected chi connectivity index (χ1v) is 8.38. The Morgan fingerprint density at radius 3 is 2.90 bits per heavy atom. The number of ether oxygens (including phenoxy) is 1. The predicted octanol–water partition coefficient (Wildman–Crippen LogP) is 2.61. The van der Waals surface area contributed by atoms with Crippen LogP contribution in [0.3, 0.4) is 0 Å². The van der Waals surface area contributed by atoms with E-state index in [4.69, 9.17) is 9.72 Å². The molecule has 1 N–H and O–H groups in total. The smallest absolute Gasteiger partial charge is 0.160 e. The molecule has 0 aliphatic heterocycles. The zero-order valence-corrected chi connectivity index (χ0v) is 13.3. The fourth-order valence-electron chi connectivity index (χ4n) is 3.79. The van der Waals surface area contributed by atoms with Crippen molar-refractivity contribution in [3.05, 3.63) is 23.3 Å². The molecule has 1 saturated carbocycles. The van der Waals surface area contributed by atoms with E-state index in [0.29, 0.717) is 0 Å². The van der Waals surface area contributed by atoms with Gasteiger partial charge >= 0.3 is 0 Å². The van der Waals surface area contributed by atoms with Gasteiger partial charge in [0.2, 0.25) is 0 Å². The monoisotopic (exact) mass is 289 g/mol. The van der Waals surface area contributed by atoms with Gasteiger partial charge < -0.3 is 10.1 Å². The maximum absolute atomic E-state index is 5.82. The summed E-state index contributed by atoms with van der Waals surface area (Å²) in [4.78, 5) is 9.57. The molecule has 1 heterocycles. The van der Waals surface area contributed by atoms with Crippen LogP contribution in [0.2, 0.25) is 0 Å². The van der Waals surface area contributed by atoms with E-state index in [-0.39, 0.29) is 5.60 Å². The molecule has 1 aromatic rings. The number of methoxy groups -OCH3 is 1. The van der Waals surface area contributed by atoms with Gasteiger partial charge in [0.25, 0.3) is 0 Å². The molecule has 3 rings (SSSR count). The van der Waals surface area contributed by atoms with Gasteiger partial charge in [-0.3, -0.25) is 0 Å². The Balaban J connectivity index is 1.77. The molecule has 1 unspecified atom stereocenters. The van der Waals surface area contributed by atoms with Crippen LogP contribution in [0.25, 0.3) is 0 Å². The average molecular weight is 289 g/mol. The number of aryl methyl sites for hydroxylation is 1. The Labute approximate surface area is 127 Å². The van der Waals surface area contributed by atoms with Gasteiger partial charge in [-0.15, -0.1) is 0 Å². The molecular formula is C17H27N3O. The van der Waals surface area contributed by atoms with Crippen molar-refractivity contribution in [3.63, 3.8) is 0 Å². The van der Waals surface area contributed by atoms with Crippen LogP contribution in [0.5, 0.6) is 0 Å². The molecule has 1 atom stereocenters. The zero-order valence-electron chi connectivity index (χ0n) is 13.3. The molecule has 0 aromatic carbocycles. The number of nitrogens with one attached hydrogen (secondary N) is 1. The predicted molar refractivity (Wildman–Crippen MR) is 83.2 cm³/mol. The van der Waals surface area contributed by atoms with Crippen molar-refractivity contribution in [1.29, 1.82) is 0 Å². The van der Waals surface area contributed by atoms with Gasteiger partial charge in [-0.2, -0.15) is 0 Å². The van der Waals surface area contributed by atoms with E-state index < -0.39 is 0 Å². The van der Waals surface area contributed by atoms with Crippen LogP contribution < -0.4 is 5.32 Å². The molecule has 4 heteroatoms. The fraction of sp³-hybridized carbons (Fsp3) is 0.765. The molecule has 1 fully saturated rings. The third-order valence-corrected chi connectivity index (χ3v) is 5.14. The van der Waals surface area contributed by atoms with E-state index in [1.807, 2.05) is 0 Å². The summed E-state index contributed by atoms with van der Waals surface area (Å²) in [5.74, 6) is 1.65. The molecular weight excluding hydrogens is 262 g/mol. The number of rotatable bonds is 5. The van der Waals surface area contributed by atoms with Crippen LogP contribution in [0.15, 0.2) is 6.20 Å². The Morgan fingerprint density at radius 1 is 1.38 bits per heavy atom. The molecule has 21 heavy (non-hydrogen) atoms. The lowest BCUT2D eigenvalue weighted by Gasteiger charge is -2.28. The summed E-state index contributed by atoms with van der Waals surface area (Å²) in [6.07, 6.45) is 10.1. The van der Waals surface area contributed by atoms with E-state index >= 15 is 0 Å².